The van der Waals surface area contributed by atoms with Crippen LogP contribution in [0.15, 0.2) is 54.6 Å². The smallest absolute Gasteiger partial charge is 0.336 e. The Kier molecular flexibility index (Phi) is 8.05. The Morgan fingerprint density at radius 2 is 1.89 bits per heavy atom. The Labute approximate surface area is 214 Å². The largest absolute Gasteiger partial charge is 0.478 e. The van der Waals surface area contributed by atoms with E-state index in [1.54, 1.807) is 46.0 Å². The molecular weight excluding hydrogens is 480 g/mol. The zero-order valence-electron chi connectivity index (χ0n) is 20.1. The maximum absolute atomic E-state index is 13.3. The highest BCUT2D eigenvalue weighted by Crippen LogP contribution is 2.29. The molecule has 0 fully saturated rings. The van der Waals surface area contributed by atoms with Crippen LogP contribution in [-0.4, -0.2) is 50.7 Å². The summed E-state index contributed by atoms with van der Waals surface area (Å²) in [5.74, 6) is -1.65. The number of amides is 2. The highest BCUT2D eigenvalue weighted by Gasteiger charge is 2.33. The molecule has 2 N–H and O–H groups in total. The molecule has 2 heterocycles. The number of rotatable bonds is 10. The van der Waals surface area contributed by atoms with E-state index in [0.717, 1.165) is 31.2 Å². The van der Waals surface area contributed by atoms with Gasteiger partial charge in [-0.2, -0.15) is 5.10 Å². The van der Waals surface area contributed by atoms with Gasteiger partial charge in [0, 0.05) is 23.7 Å². The van der Waals surface area contributed by atoms with E-state index < -0.39 is 5.97 Å². The third kappa shape index (κ3) is 5.76. The van der Waals surface area contributed by atoms with Crippen molar-refractivity contribution in [1.29, 1.82) is 0 Å². The normalized spacial score (nSPS) is 15.0. The van der Waals surface area contributed by atoms with Gasteiger partial charge in [-0.3, -0.25) is 14.3 Å². The van der Waals surface area contributed by atoms with Crippen LogP contribution >= 0.6 is 11.6 Å². The molecule has 8 nitrogen and oxygen atoms in total. The number of hydrogen-bond donors (Lipinski definition) is 2. The van der Waals surface area contributed by atoms with Gasteiger partial charge in [0.15, 0.2) is 0 Å². The van der Waals surface area contributed by atoms with Gasteiger partial charge >= 0.3 is 5.97 Å². The summed E-state index contributed by atoms with van der Waals surface area (Å²) >= 11 is 6.02. The highest BCUT2D eigenvalue weighted by molar-refractivity contribution is 6.30. The zero-order chi connectivity index (χ0) is 25.7. The van der Waals surface area contributed by atoms with E-state index in [-0.39, 0.29) is 36.5 Å². The molecule has 1 aliphatic heterocycles. The monoisotopic (exact) mass is 508 g/mol. The number of aromatic carboxylic acids is 1. The van der Waals surface area contributed by atoms with Crippen molar-refractivity contribution in [2.24, 2.45) is 0 Å². The van der Waals surface area contributed by atoms with E-state index in [9.17, 15) is 19.5 Å². The number of carbonyl (C=O) groups excluding carboxylic acids is 2. The minimum Gasteiger partial charge on any atom is -0.478 e. The number of hydrogen-bond acceptors (Lipinski definition) is 4. The van der Waals surface area contributed by atoms with Gasteiger partial charge in [-0.05, 0) is 36.2 Å². The number of nitrogens with one attached hydrogen (secondary N) is 1. The Bertz CT molecular complexity index is 1250. The third-order valence-electron chi connectivity index (χ3n) is 6.36. The molecule has 4 rings (SSSR count). The number of unbranched alkanes of at least 4 members (excludes halogenated alkanes) is 2. The first-order chi connectivity index (χ1) is 17.4. The van der Waals surface area contributed by atoms with Gasteiger partial charge in [-0.1, -0.05) is 68.1 Å². The molecule has 0 saturated carbocycles. The minimum absolute atomic E-state index is 0.0363. The average Bonchev–Trinajstić information content (AvgIpc) is 3.32. The molecule has 1 aliphatic rings. The van der Waals surface area contributed by atoms with E-state index in [4.69, 9.17) is 16.7 Å². The maximum atomic E-state index is 13.3. The fourth-order valence-corrected chi connectivity index (χ4v) is 4.58. The number of carbonyl (C=O) groups is 3. The maximum Gasteiger partial charge on any atom is 0.336 e. The van der Waals surface area contributed by atoms with Crippen LogP contribution in [0.3, 0.4) is 0 Å². The minimum atomic E-state index is -1.05. The van der Waals surface area contributed by atoms with Gasteiger partial charge in [-0.15, -0.1) is 0 Å². The number of halogens is 1. The number of carboxylic acid groups (broad SMARTS) is 1. The van der Waals surface area contributed by atoms with Crippen molar-refractivity contribution in [3.8, 4) is 11.3 Å². The van der Waals surface area contributed by atoms with Gasteiger partial charge in [0.05, 0.1) is 23.8 Å². The molecule has 9 heteroatoms. The van der Waals surface area contributed by atoms with Crippen molar-refractivity contribution in [3.05, 3.63) is 76.4 Å². The molecule has 2 aromatic carbocycles. The molecule has 0 spiro atoms. The van der Waals surface area contributed by atoms with Crippen LogP contribution in [0.2, 0.25) is 5.02 Å². The van der Waals surface area contributed by atoms with E-state index in [0.29, 0.717) is 28.5 Å². The Balaban J connectivity index is 1.51. The van der Waals surface area contributed by atoms with Gasteiger partial charge in [0.25, 0.3) is 5.91 Å². The van der Waals surface area contributed by atoms with Crippen molar-refractivity contribution in [2.75, 3.05) is 13.1 Å². The molecule has 0 aliphatic carbocycles. The number of carboxylic acids is 1. The van der Waals surface area contributed by atoms with Crippen LogP contribution < -0.4 is 5.32 Å². The quantitative estimate of drug-likeness (QED) is 0.383. The molecule has 2 amide bonds. The fraction of sp³-hybridized carbons (Fsp3) is 0.333. The number of benzene rings is 2. The van der Waals surface area contributed by atoms with Gasteiger partial charge in [0.2, 0.25) is 5.91 Å². The number of aromatic nitrogens is 2. The molecule has 0 saturated heterocycles. The molecule has 0 radical (unpaired) electrons. The summed E-state index contributed by atoms with van der Waals surface area (Å²) in [7, 11) is 0. The van der Waals surface area contributed by atoms with Crippen molar-refractivity contribution < 1.29 is 19.5 Å². The second kappa shape index (κ2) is 11.4. The Hall–Kier alpha value is -3.65. The lowest BCUT2D eigenvalue weighted by molar-refractivity contribution is -0.122. The summed E-state index contributed by atoms with van der Waals surface area (Å²) in [5, 5.41) is 17.5. The van der Waals surface area contributed by atoms with Crippen LogP contribution in [0.25, 0.3) is 11.3 Å². The predicted molar refractivity (Wildman–Crippen MR) is 137 cm³/mol. The molecular formula is C27H29ClN4O4. The van der Waals surface area contributed by atoms with E-state index in [1.807, 2.05) is 12.1 Å². The summed E-state index contributed by atoms with van der Waals surface area (Å²) in [6.07, 6.45) is 4.00. The molecule has 1 atom stereocenters. The standard InChI is InChI=1S/C27H29ClN4O4/c1-2-3-4-8-21-16-31(17-25(33)29-15-19-7-5-6-9-22(19)27(35)36)26(34)24-14-23(30-32(21)24)18-10-12-20(28)13-11-18/h5-7,9-14,21H,2-4,8,15-17H2,1H3,(H,29,33)(H,35,36). The van der Waals surface area contributed by atoms with Crippen LogP contribution in [0.4, 0.5) is 0 Å². The van der Waals surface area contributed by atoms with Crippen molar-refractivity contribution >= 4 is 29.4 Å². The van der Waals surface area contributed by atoms with Crippen molar-refractivity contribution in [2.45, 2.75) is 45.2 Å². The van der Waals surface area contributed by atoms with E-state index >= 15 is 0 Å². The lowest BCUT2D eigenvalue weighted by Gasteiger charge is -2.33. The van der Waals surface area contributed by atoms with Gasteiger partial charge < -0.3 is 15.3 Å². The van der Waals surface area contributed by atoms with Crippen LogP contribution in [-0.2, 0) is 11.3 Å². The van der Waals surface area contributed by atoms with Crippen molar-refractivity contribution in [3.63, 3.8) is 0 Å². The Morgan fingerprint density at radius 3 is 2.61 bits per heavy atom. The van der Waals surface area contributed by atoms with Crippen molar-refractivity contribution in [1.82, 2.24) is 20.0 Å². The SMILES string of the molecule is CCCCCC1CN(CC(=O)NCc2ccccc2C(=O)O)C(=O)c2cc(-c3ccc(Cl)cc3)nn21. The zero-order valence-corrected chi connectivity index (χ0v) is 20.9. The lowest BCUT2D eigenvalue weighted by atomic mass is 10.0. The lowest BCUT2D eigenvalue weighted by Crippen LogP contribution is -2.47. The number of fused-ring (bicyclic) bond motifs is 1. The van der Waals surface area contributed by atoms with Gasteiger partial charge in [-0.25, -0.2) is 4.79 Å². The first kappa shape index (κ1) is 25.4. The summed E-state index contributed by atoms with van der Waals surface area (Å²) in [6, 6.07) is 15.6. The van der Waals surface area contributed by atoms with E-state index in [2.05, 4.69) is 12.2 Å². The average molecular weight is 509 g/mol. The predicted octanol–water partition coefficient (Wildman–Crippen LogP) is 4.80. The van der Waals surface area contributed by atoms with Crippen LogP contribution in [0, 0.1) is 0 Å². The summed E-state index contributed by atoms with van der Waals surface area (Å²) in [6.45, 7) is 2.49. The molecule has 1 unspecified atom stereocenters. The fourth-order valence-electron chi connectivity index (χ4n) is 4.46. The van der Waals surface area contributed by atoms with E-state index in [1.165, 1.54) is 6.07 Å². The summed E-state index contributed by atoms with van der Waals surface area (Å²) in [5.41, 5.74) is 2.65. The second-order valence-corrected chi connectivity index (χ2v) is 9.38. The second-order valence-electron chi connectivity index (χ2n) is 8.94. The topological polar surface area (TPSA) is 105 Å². The first-order valence-corrected chi connectivity index (χ1v) is 12.5. The number of nitrogens with zero attached hydrogens (tertiary/aromatic N) is 3. The highest BCUT2D eigenvalue weighted by atomic mass is 35.5. The summed E-state index contributed by atoms with van der Waals surface area (Å²) < 4.78 is 1.81. The molecule has 3 aromatic rings. The molecule has 36 heavy (non-hydrogen) atoms. The summed E-state index contributed by atoms with van der Waals surface area (Å²) in [4.78, 5) is 39.1. The first-order valence-electron chi connectivity index (χ1n) is 12.1. The van der Waals surface area contributed by atoms with Gasteiger partial charge in [0.1, 0.15) is 5.69 Å². The Morgan fingerprint density at radius 1 is 1.14 bits per heavy atom. The van der Waals surface area contributed by atoms with Crippen LogP contribution in [0.1, 0.15) is 65.1 Å². The van der Waals surface area contributed by atoms with Crippen LogP contribution in [0.5, 0.6) is 0 Å². The molecule has 0 bridgehead atoms. The molecule has 188 valence electrons. The third-order valence-corrected chi connectivity index (χ3v) is 6.61. The molecule has 1 aromatic heterocycles.